The Morgan fingerprint density at radius 1 is 1.09 bits per heavy atom. The monoisotopic (exact) mass is 475 g/mol. The van der Waals surface area contributed by atoms with Crippen LogP contribution in [0.2, 0.25) is 0 Å². The highest BCUT2D eigenvalue weighted by molar-refractivity contribution is 7.16. The molecule has 2 aromatic heterocycles. The molecule has 1 aliphatic rings. The first-order chi connectivity index (χ1) is 16.5. The zero-order valence-corrected chi connectivity index (χ0v) is 20.0. The third kappa shape index (κ3) is 3.51. The average molecular weight is 476 g/mol. The summed E-state index contributed by atoms with van der Waals surface area (Å²) in [5, 5.41) is 6.03. The molecule has 0 bridgehead atoms. The molecular formula is C26H25N3O4S. The predicted octanol–water partition coefficient (Wildman–Crippen LogP) is 4.46. The molecule has 0 aliphatic carbocycles. The number of rotatable bonds is 6. The van der Waals surface area contributed by atoms with Gasteiger partial charge in [-0.1, -0.05) is 30.3 Å². The van der Waals surface area contributed by atoms with E-state index in [4.69, 9.17) is 9.47 Å². The van der Waals surface area contributed by atoms with E-state index in [1.165, 1.54) is 7.11 Å². The predicted molar refractivity (Wildman–Crippen MR) is 133 cm³/mol. The number of nitrogens with zero attached hydrogens (tertiary/aromatic N) is 2. The van der Waals surface area contributed by atoms with Crippen LogP contribution in [0.25, 0.3) is 10.2 Å². The number of hydrogen-bond acceptors (Lipinski definition) is 5. The first kappa shape index (κ1) is 22.0. The Hall–Kier alpha value is -3.78. The van der Waals surface area contributed by atoms with Crippen molar-refractivity contribution in [2.24, 2.45) is 0 Å². The molecule has 0 unspecified atom stereocenters. The van der Waals surface area contributed by atoms with Gasteiger partial charge >= 0.3 is 0 Å². The molecule has 8 heteroatoms. The van der Waals surface area contributed by atoms with E-state index in [9.17, 15) is 9.59 Å². The van der Waals surface area contributed by atoms with Gasteiger partial charge in [-0.3, -0.25) is 14.5 Å². The summed E-state index contributed by atoms with van der Waals surface area (Å²) < 4.78 is 12.9. The number of anilines is 1. The number of aromatic nitrogens is 1. The number of carbonyl (C=O) groups is 2. The van der Waals surface area contributed by atoms with Gasteiger partial charge in [0.1, 0.15) is 27.6 Å². The third-order valence-electron chi connectivity index (χ3n) is 6.30. The number of benzene rings is 2. The Kier molecular flexibility index (Phi) is 5.53. The highest BCUT2D eigenvalue weighted by Gasteiger charge is 2.49. The molecular weight excluding hydrogens is 450 g/mol. The molecule has 34 heavy (non-hydrogen) atoms. The summed E-state index contributed by atoms with van der Waals surface area (Å²) in [6.07, 6.45) is 0. The van der Waals surface area contributed by atoms with Crippen LogP contribution in [0.3, 0.4) is 0 Å². The van der Waals surface area contributed by atoms with Gasteiger partial charge in [-0.2, -0.15) is 0 Å². The van der Waals surface area contributed by atoms with Gasteiger partial charge in [0.15, 0.2) is 0 Å². The largest absolute Gasteiger partial charge is 0.497 e. The Bertz CT molecular complexity index is 1380. The second-order valence-electron chi connectivity index (χ2n) is 8.42. The molecule has 2 amide bonds. The molecule has 2 aromatic carbocycles. The molecule has 1 aliphatic heterocycles. The van der Waals surface area contributed by atoms with Crippen LogP contribution in [-0.2, 0) is 17.9 Å². The van der Waals surface area contributed by atoms with Crippen molar-refractivity contribution in [3.63, 3.8) is 0 Å². The molecule has 7 nitrogen and oxygen atoms in total. The fourth-order valence-electron chi connectivity index (χ4n) is 4.51. The summed E-state index contributed by atoms with van der Waals surface area (Å²) in [6, 6.07) is 18.8. The molecule has 0 saturated carbocycles. The summed E-state index contributed by atoms with van der Waals surface area (Å²) in [7, 11) is 3.11. The van der Waals surface area contributed by atoms with Crippen molar-refractivity contribution in [2.75, 3.05) is 19.1 Å². The first-order valence-corrected chi connectivity index (χ1v) is 11.8. The standard InChI is InChI=1S/C26H25N3O4S/c1-26(25(31)27-15-17-7-5-4-6-8-17)16-28-21(13-18-11-12-34-24(18)28)23(30)29(26)20-10-9-19(32-2)14-22(20)33-3/h4-14H,15-16H2,1-3H3,(H,27,31)/t26-/m1/s1. The Morgan fingerprint density at radius 3 is 2.62 bits per heavy atom. The molecule has 4 aromatic rings. The molecule has 0 saturated heterocycles. The lowest BCUT2D eigenvalue weighted by Gasteiger charge is -2.44. The van der Waals surface area contributed by atoms with Crippen molar-refractivity contribution in [3.8, 4) is 11.5 Å². The number of hydrogen-bond donors (Lipinski definition) is 1. The fourth-order valence-corrected chi connectivity index (χ4v) is 5.41. The number of nitrogens with one attached hydrogen (secondary N) is 1. The average Bonchev–Trinajstić information content (AvgIpc) is 3.46. The molecule has 0 radical (unpaired) electrons. The molecule has 174 valence electrons. The molecule has 5 rings (SSSR count). The van der Waals surface area contributed by atoms with Crippen molar-refractivity contribution in [1.82, 2.24) is 9.88 Å². The van der Waals surface area contributed by atoms with Crippen LogP contribution in [-0.4, -0.2) is 36.1 Å². The van der Waals surface area contributed by atoms with E-state index >= 15 is 0 Å². The van der Waals surface area contributed by atoms with Gasteiger partial charge in [0, 0.05) is 18.0 Å². The van der Waals surface area contributed by atoms with Crippen LogP contribution in [0.1, 0.15) is 23.0 Å². The minimum absolute atomic E-state index is 0.244. The van der Waals surface area contributed by atoms with E-state index in [-0.39, 0.29) is 11.8 Å². The summed E-state index contributed by atoms with van der Waals surface area (Å²) in [5.41, 5.74) is 0.850. The van der Waals surface area contributed by atoms with E-state index < -0.39 is 5.54 Å². The van der Waals surface area contributed by atoms with E-state index in [1.54, 1.807) is 48.5 Å². The lowest BCUT2D eigenvalue weighted by Crippen LogP contribution is -2.64. The SMILES string of the molecule is COc1ccc(N2C(=O)c3cc4ccsc4n3C[C@]2(C)C(=O)NCc2ccccc2)c(OC)c1. The molecule has 0 fully saturated rings. The van der Waals surface area contributed by atoms with Crippen molar-refractivity contribution in [2.45, 2.75) is 25.6 Å². The van der Waals surface area contributed by atoms with Gasteiger partial charge in [-0.25, -0.2) is 0 Å². The van der Waals surface area contributed by atoms with E-state index in [0.717, 1.165) is 15.8 Å². The van der Waals surface area contributed by atoms with Crippen molar-refractivity contribution in [1.29, 1.82) is 0 Å². The third-order valence-corrected chi connectivity index (χ3v) is 7.25. The summed E-state index contributed by atoms with van der Waals surface area (Å²) in [4.78, 5) is 30.3. The number of amides is 2. The van der Waals surface area contributed by atoms with Crippen LogP contribution in [0.15, 0.2) is 66.0 Å². The highest BCUT2D eigenvalue weighted by atomic mass is 32.1. The van der Waals surface area contributed by atoms with E-state index in [0.29, 0.717) is 36.0 Å². The van der Waals surface area contributed by atoms with Crippen LogP contribution < -0.4 is 19.7 Å². The number of fused-ring (bicyclic) bond motifs is 3. The fraction of sp³-hybridized carbons (Fsp3) is 0.231. The van der Waals surface area contributed by atoms with Crippen molar-refractivity contribution >= 4 is 39.1 Å². The summed E-state index contributed by atoms with van der Waals surface area (Å²) in [5.74, 6) is 0.558. The zero-order chi connectivity index (χ0) is 23.9. The minimum Gasteiger partial charge on any atom is -0.497 e. The van der Waals surface area contributed by atoms with Crippen LogP contribution >= 0.6 is 11.3 Å². The normalized spacial score (nSPS) is 17.5. The molecule has 3 heterocycles. The van der Waals surface area contributed by atoms with E-state index in [1.807, 2.05) is 52.4 Å². The van der Waals surface area contributed by atoms with Gasteiger partial charge in [0.05, 0.1) is 26.5 Å². The lowest BCUT2D eigenvalue weighted by atomic mass is 9.93. The number of methoxy groups -OCH3 is 2. The van der Waals surface area contributed by atoms with Crippen LogP contribution in [0.4, 0.5) is 5.69 Å². The summed E-state index contributed by atoms with van der Waals surface area (Å²) in [6.45, 7) is 2.48. The second-order valence-corrected chi connectivity index (χ2v) is 9.31. The van der Waals surface area contributed by atoms with E-state index in [2.05, 4.69) is 5.32 Å². The van der Waals surface area contributed by atoms with Crippen molar-refractivity contribution < 1.29 is 19.1 Å². The van der Waals surface area contributed by atoms with Crippen LogP contribution in [0, 0.1) is 0 Å². The van der Waals surface area contributed by atoms with Crippen molar-refractivity contribution in [3.05, 3.63) is 77.3 Å². The zero-order valence-electron chi connectivity index (χ0n) is 19.2. The maximum absolute atomic E-state index is 13.9. The van der Waals surface area contributed by atoms with Gasteiger partial charge < -0.3 is 19.4 Å². The number of ether oxygens (including phenoxy) is 2. The first-order valence-electron chi connectivity index (χ1n) is 10.9. The Morgan fingerprint density at radius 2 is 1.88 bits per heavy atom. The van der Waals surface area contributed by atoms with Gasteiger partial charge in [0.2, 0.25) is 5.91 Å². The van der Waals surface area contributed by atoms with Crippen LogP contribution in [0.5, 0.6) is 11.5 Å². The molecule has 1 N–H and O–H groups in total. The van der Waals surface area contributed by atoms with Gasteiger partial charge in [-0.05, 0) is 42.1 Å². The Labute approximate surface area is 201 Å². The highest BCUT2D eigenvalue weighted by Crippen LogP contribution is 2.42. The quantitative estimate of drug-likeness (QED) is 0.447. The molecule has 0 spiro atoms. The second kappa shape index (κ2) is 8.53. The Balaban J connectivity index is 1.61. The lowest BCUT2D eigenvalue weighted by molar-refractivity contribution is -0.126. The minimum atomic E-state index is -1.20. The smallest absolute Gasteiger partial charge is 0.276 e. The summed E-state index contributed by atoms with van der Waals surface area (Å²) >= 11 is 1.56. The topological polar surface area (TPSA) is 72.8 Å². The molecule has 1 atom stereocenters. The number of carbonyl (C=O) groups excluding carboxylic acids is 2. The maximum atomic E-state index is 13.9. The number of thiophene rings is 1. The van der Waals surface area contributed by atoms with Gasteiger partial charge in [0.25, 0.3) is 5.91 Å². The maximum Gasteiger partial charge on any atom is 0.276 e. The van der Waals surface area contributed by atoms with Gasteiger partial charge in [-0.15, -0.1) is 11.3 Å².